The molecule has 0 saturated carbocycles. The number of furan rings is 1. The average Bonchev–Trinajstić information content (AvgIpc) is 3.15. The van der Waals surface area contributed by atoms with Gasteiger partial charge in [-0.15, -0.1) is 24.0 Å². The fraction of sp³-hybridized carbons (Fsp3) is 0.368. The molecule has 28 heavy (non-hydrogen) atoms. The van der Waals surface area contributed by atoms with E-state index in [9.17, 15) is 4.79 Å². The molecule has 0 bridgehead atoms. The van der Waals surface area contributed by atoms with Gasteiger partial charge in [0.2, 0.25) is 0 Å². The lowest BCUT2D eigenvalue weighted by Crippen LogP contribution is -2.52. The number of nitrogens with two attached hydrogens (primary N) is 1. The quantitative estimate of drug-likeness (QED) is 0.362. The van der Waals surface area contributed by atoms with E-state index >= 15 is 0 Å². The third-order valence-corrected chi connectivity index (χ3v) is 4.78. The van der Waals surface area contributed by atoms with Gasteiger partial charge in [-0.1, -0.05) is 23.7 Å². The number of hydrogen-bond donors (Lipinski definition) is 2. The Balaban J connectivity index is 0.00000280. The second-order valence-corrected chi connectivity index (χ2v) is 6.86. The third-order valence-electron chi connectivity index (χ3n) is 4.53. The summed E-state index contributed by atoms with van der Waals surface area (Å²) in [6.07, 6.45) is 0. The van der Waals surface area contributed by atoms with E-state index in [0.717, 1.165) is 43.7 Å². The summed E-state index contributed by atoms with van der Waals surface area (Å²) in [5.74, 6) is 1.06. The molecule has 1 aromatic heterocycles. The highest BCUT2D eigenvalue weighted by Crippen LogP contribution is 2.13. The Bertz CT molecular complexity index is 801. The van der Waals surface area contributed by atoms with Crippen LogP contribution in [0.25, 0.3) is 0 Å². The highest BCUT2D eigenvalue weighted by Gasteiger charge is 2.20. The molecular formula is C19H25ClIN5O2. The molecule has 7 nitrogen and oxygen atoms in total. The van der Waals surface area contributed by atoms with Crippen molar-refractivity contribution < 1.29 is 9.21 Å². The molecule has 3 N–H and O–H groups in total. The minimum absolute atomic E-state index is 0. The van der Waals surface area contributed by atoms with E-state index in [1.807, 2.05) is 12.1 Å². The number of primary amides is 1. The summed E-state index contributed by atoms with van der Waals surface area (Å²) >= 11 is 5.95. The highest BCUT2D eigenvalue weighted by atomic mass is 127. The molecule has 152 valence electrons. The van der Waals surface area contributed by atoms with Crippen molar-refractivity contribution in [3.05, 3.63) is 58.5 Å². The zero-order valence-electron chi connectivity index (χ0n) is 15.7. The summed E-state index contributed by atoms with van der Waals surface area (Å²) in [4.78, 5) is 20.1. The van der Waals surface area contributed by atoms with Crippen molar-refractivity contribution in [2.24, 2.45) is 10.7 Å². The lowest BCUT2D eigenvalue weighted by molar-refractivity contribution is 0.0972. The molecule has 1 fully saturated rings. The maximum Gasteiger partial charge on any atom is 0.284 e. The Morgan fingerprint density at radius 3 is 2.43 bits per heavy atom. The van der Waals surface area contributed by atoms with Gasteiger partial charge < -0.3 is 20.4 Å². The average molecular weight is 518 g/mol. The Labute approximate surface area is 186 Å². The van der Waals surface area contributed by atoms with Crippen molar-refractivity contribution in [2.75, 3.05) is 33.2 Å². The number of halogens is 2. The number of rotatable bonds is 5. The molecule has 2 aromatic rings. The fourth-order valence-electron chi connectivity index (χ4n) is 3.07. The number of carbonyl (C=O) groups is 1. The number of carbonyl (C=O) groups excluding carboxylic acids is 1. The molecule has 0 aliphatic carbocycles. The van der Waals surface area contributed by atoms with Crippen molar-refractivity contribution in [3.63, 3.8) is 0 Å². The first-order valence-electron chi connectivity index (χ1n) is 8.86. The Kier molecular flexibility index (Phi) is 8.58. The van der Waals surface area contributed by atoms with Gasteiger partial charge >= 0.3 is 0 Å². The maximum atomic E-state index is 11.1. The molecule has 0 radical (unpaired) electrons. The van der Waals surface area contributed by atoms with Crippen molar-refractivity contribution in [1.82, 2.24) is 15.1 Å². The molecule has 1 aliphatic rings. The van der Waals surface area contributed by atoms with Crippen LogP contribution in [0.1, 0.15) is 21.9 Å². The molecule has 2 heterocycles. The molecule has 1 amide bonds. The normalized spacial score (nSPS) is 15.2. The molecule has 3 rings (SSSR count). The largest absolute Gasteiger partial charge is 0.454 e. The zero-order chi connectivity index (χ0) is 19.2. The Morgan fingerprint density at radius 1 is 1.18 bits per heavy atom. The minimum atomic E-state index is -0.567. The van der Waals surface area contributed by atoms with Gasteiger partial charge in [-0.2, -0.15) is 0 Å². The predicted molar refractivity (Wildman–Crippen MR) is 121 cm³/mol. The summed E-state index contributed by atoms with van der Waals surface area (Å²) in [7, 11) is 1.76. The third kappa shape index (κ3) is 6.11. The van der Waals surface area contributed by atoms with Gasteiger partial charge in [0.1, 0.15) is 5.76 Å². The summed E-state index contributed by atoms with van der Waals surface area (Å²) in [6.45, 7) is 5.05. The smallest absolute Gasteiger partial charge is 0.284 e. The van der Waals surface area contributed by atoms with Crippen molar-refractivity contribution in [2.45, 2.75) is 13.1 Å². The second kappa shape index (κ2) is 10.7. The Morgan fingerprint density at radius 2 is 1.86 bits per heavy atom. The standard InChI is InChI=1S/C19H24ClN5O2.HI/c1-22-19(23-12-16-6-7-17(27-16)18(21)26)25-10-8-24(9-11-25)13-14-2-4-15(20)5-3-14;/h2-7H,8-13H2,1H3,(H2,21,26)(H,22,23);1H. The topological polar surface area (TPSA) is 87.1 Å². The molecule has 9 heteroatoms. The summed E-state index contributed by atoms with van der Waals surface area (Å²) in [5.41, 5.74) is 6.47. The molecule has 1 aliphatic heterocycles. The monoisotopic (exact) mass is 517 g/mol. The molecule has 1 aromatic carbocycles. The number of piperazine rings is 1. The molecule has 0 atom stereocenters. The van der Waals surface area contributed by atoms with E-state index in [2.05, 4.69) is 32.2 Å². The van der Waals surface area contributed by atoms with Crippen LogP contribution < -0.4 is 11.1 Å². The molecule has 1 saturated heterocycles. The van der Waals surface area contributed by atoms with Crippen LogP contribution in [-0.2, 0) is 13.1 Å². The van der Waals surface area contributed by atoms with Gasteiger partial charge in [-0.25, -0.2) is 0 Å². The zero-order valence-corrected chi connectivity index (χ0v) is 18.8. The molecule has 0 unspecified atom stereocenters. The van der Waals surface area contributed by atoms with E-state index in [-0.39, 0.29) is 29.7 Å². The van der Waals surface area contributed by atoms with E-state index in [1.54, 1.807) is 19.2 Å². The number of hydrogen-bond acceptors (Lipinski definition) is 4. The second-order valence-electron chi connectivity index (χ2n) is 6.42. The van der Waals surface area contributed by atoms with Crippen LogP contribution in [0.3, 0.4) is 0 Å². The number of nitrogens with zero attached hydrogens (tertiary/aromatic N) is 3. The number of aliphatic imine (C=N–C) groups is 1. The number of nitrogens with one attached hydrogen (secondary N) is 1. The van der Waals surface area contributed by atoms with Crippen LogP contribution in [0.4, 0.5) is 0 Å². The van der Waals surface area contributed by atoms with E-state index in [1.165, 1.54) is 5.56 Å². The van der Waals surface area contributed by atoms with Crippen LogP contribution in [0.2, 0.25) is 5.02 Å². The summed E-state index contributed by atoms with van der Waals surface area (Å²) in [5, 5.41) is 4.04. The lowest BCUT2D eigenvalue weighted by Gasteiger charge is -2.36. The van der Waals surface area contributed by atoms with Crippen molar-refractivity contribution >= 4 is 47.4 Å². The van der Waals surface area contributed by atoms with E-state index < -0.39 is 5.91 Å². The SMILES string of the molecule is CN=C(NCc1ccc(C(N)=O)o1)N1CCN(Cc2ccc(Cl)cc2)CC1.I. The maximum absolute atomic E-state index is 11.1. The van der Waals surface area contributed by atoms with Crippen LogP contribution in [-0.4, -0.2) is 54.9 Å². The van der Waals surface area contributed by atoms with Crippen LogP contribution >= 0.6 is 35.6 Å². The highest BCUT2D eigenvalue weighted by molar-refractivity contribution is 14.0. The van der Waals surface area contributed by atoms with Crippen LogP contribution in [0, 0.1) is 0 Å². The number of benzene rings is 1. The number of guanidine groups is 1. The Hall–Kier alpha value is -1.78. The van der Waals surface area contributed by atoms with Gasteiger partial charge in [0.25, 0.3) is 5.91 Å². The molecular weight excluding hydrogens is 493 g/mol. The summed E-state index contributed by atoms with van der Waals surface area (Å²) < 4.78 is 5.39. The van der Waals surface area contributed by atoms with Gasteiger partial charge in [0.05, 0.1) is 6.54 Å². The van der Waals surface area contributed by atoms with Gasteiger partial charge in [0, 0.05) is 44.8 Å². The van der Waals surface area contributed by atoms with Gasteiger partial charge in [0.15, 0.2) is 11.7 Å². The van der Waals surface area contributed by atoms with E-state index in [4.69, 9.17) is 21.8 Å². The first-order chi connectivity index (χ1) is 13.0. The van der Waals surface area contributed by atoms with Gasteiger partial charge in [-0.3, -0.25) is 14.7 Å². The number of amides is 1. The van der Waals surface area contributed by atoms with Gasteiger partial charge in [-0.05, 0) is 29.8 Å². The van der Waals surface area contributed by atoms with E-state index in [0.29, 0.717) is 12.3 Å². The minimum Gasteiger partial charge on any atom is -0.454 e. The first-order valence-corrected chi connectivity index (χ1v) is 9.24. The van der Waals surface area contributed by atoms with Crippen LogP contribution in [0.5, 0.6) is 0 Å². The fourth-order valence-corrected chi connectivity index (χ4v) is 3.20. The van der Waals surface area contributed by atoms with Crippen molar-refractivity contribution in [3.8, 4) is 0 Å². The molecule has 0 spiro atoms. The summed E-state index contributed by atoms with van der Waals surface area (Å²) in [6, 6.07) is 11.3. The lowest BCUT2D eigenvalue weighted by atomic mass is 10.2. The predicted octanol–water partition coefficient (Wildman–Crippen LogP) is 2.54. The van der Waals surface area contributed by atoms with Crippen molar-refractivity contribution in [1.29, 1.82) is 0 Å². The van der Waals surface area contributed by atoms with Crippen LogP contribution in [0.15, 0.2) is 45.8 Å². The first kappa shape index (κ1) is 22.5.